The number of hydrogen-bond donors (Lipinski definition) is 1. The maximum absolute atomic E-state index is 13.2. The molecule has 1 aliphatic heterocycles. The highest BCUT2D eigenvalue weighted by atomic mass is 32.2. The van der Waals surface area contributed by atoms with Gasteiger partial charge in [0.25, 0.3) is 10.0 Å². The molecule has 0 saturated carbocycles. The molecular formula is C27H31N3O3S. The number of urea groups is 1. The molecule has 2 amide bonds. The summed E-state index contributed by atoms with van der Waals surface area (Å²) in [7, 11) is -3.67. The number of amides is 2. The summed E-state index contributed by atoms with van der Waals surface area (Å²) in [5.74, 6) is 0.477. The number of carbonyl (C=O) groups is 1. The predicted octanol–water partition coefficient (Wildman–Crippen LogP) is 5.75. The zero-order chi connectivity index (χ0) is 24.3. The number of nitrogens with one attached hydrogen (secondary N) is 1. The molecule has 34 heavy (non-hydrogen) atoms. The van der Waals surface area contributed by atoms with E-state index in [-0.39, 0.29) is 10.9 Å². The SMILES string of the molecule is Cc1ccc(S(=O)(=O)Nc2ccc(N3CCCN(Cc4ccc(C(C)C)cc4)C3=O)cc2)cc1. The van der Waals surface area contributed by atoms with E-state index in [0.29, 0.717) is 24.7 Å². The smallest absolute Gasteiger partial charge is 0.320 e. The van der Waals surface area contributed by atoms with Crippen molar-refractivity contribution in [2.24, 2.45) is 0 Å². The summed E-state index contributed by atoms with van der Waals surface area (Å²) in [5, 5.41) is 0. The van der Waals surface area contributed by atoms with E-state index in [9.17, 15) is 13.2 Å². The third-order valence-corrected chi connectivity index (χ3v) is 7.49. The number of nitrogens with zero attached hydrogens (tertiary/aromatic N) is 2. The Morgan fingerprint density at radius 1 is 0.882 bits per heavy atom. The molecular weight excluding hydrogens is 446 g/mol. The summed E-state index contributed by atoms with van der Waals surface area (Å²) >= 11 is 0. The standard InChI is InChI=1S/C27H31N3O3S/c1-20(2)23-9-7-22(8-10-23)19-29-17-4-18-30(27(29)31)25-13-11-24(12-14-25)28-34(32,33)26-15-5-21(3)6-16-26/h5-16,20,28H,4,17-19H2,1-3H3. The summed E-state index contributed by atoms with van der Waals surface area (Å²) in [4.78, 5) is 17.0. The minimum absolute atomic E-state index is 0.0350. The number of rotatable bonds is 7. The highest BCUT2D eigenvalue weighted by molar-refractivity contribution is 7.92. The van der Waals surface area contributed by atoms with Crippen LogP contribution < -0.4 is 9.62 Å². The average molecular weight is 478 g/mol. The first-order chi connectivity index (χ1) is 16.2. The Morgan fingerprint density at radius 3 is 2.15 bits per heavy atom. The molecule has 0 spiro atoms. The molecule has 0 aliphatic carbocycles. The van der Waals surface area contributed by atoms with Crippen molar-refractivity contribution in [3.8, 4) is 0 Å². The predicted molar refractivity (Wildman–Crippen MR) is 137 cm³/mol. The lowest BCUT2D eigenvalue weighted by Gasteiger charge is -2.35. The quantitative estimate of drug-likeness (QED) is 0.471. The third-order valence-electron chi connectivity index (χ3n) is 6.09. The minimum Gasteiger partial charge on any atom is -0.320 e. The first kappa shape index (κ1) is 23.8. The van der Waals surface area contributed by atoms with Gasteiger partial charge in [0.15, 0.2) is 0 Å². The van der Waals surface area contributed by atoms with Crippen LogP contribution in [0.15, 0.2) is 77.7 Å². The van der Waals surface area contributed by atoms with Crippen LogP contribution in [0.1, 0.15) is 42.9 Å². The van der Waals surface area contributed by atoms with Gasteiger partial charge < -0.3 is 4.90 Å². The zero-order valence-corrected chi connectivity index (χ0v) is 20.7. The van der Waals surface area contributed by atoms with Crippen molar-refractivity contribution < 1.29 is 13.2 Å². The van der Waals surface area contributed by atoms with Crippen molar-refractivity contribution in [1.82, 2.24) is 4.90 Å². The fraction of sp³-hybridized carbons (Fsp3) is 0.296. The normalized spacial score (nSPS) is 14.5. The van der Waals surface area contributed by atoms with Crippen LogP contribution in [0.2, 0.25) is 0 Å². The van der Waals surface area contributed by atoms with Crippen molar-refractivity contribution in [1.29, 1.82) is 0 Å². The molecule has 4 rings (SSSR count). The molecule has 3 aromatic carbocycles. The topological polar surface area (TPSA) is 69.7 Å². The molecule has 3 aromatic rings. The van der Waals surface area contributed by atoms with E-state index in [2.05, 4.69) is 42.8 Å². The number of sulfonamides is 1. The summed E-state index contributed by atoms with van der Waals surface area (Å²) in [6.07, 6.45) is 0.873. The largest absolute Gasteiger partial charge is 0.324 e. The number of hydrogen-bond acceptors (Lipinski definition) is 3. The van der Waals surface area contributed by atoms with E-state index in [1.165, 1.54) is 5.56 Å². The molecule has 1 aliphatic rings. The van der Waals surface area contributed by atoms with E-state index in [1.807, 2.05) is 11.8 Å². The zero-order valence-electron chi connectivity index (χ0n) is 19.9. The maximum Gasteiger partial charge on any atom is 0.324 e. The number of anilines is 2. The second kappa shape index (κ2) is 9.89. The maximum atomic E-state index is 13.2. The molecule has 178 valence electrons. The van der Waals surface area contributed by atoms with Crippen molar-refractivity contribution in [2.75, 3.05) is 22.7 Å². The average Bonchev–Trinajstić information content (AvgIpc) is 2.81. The Balaban J connectivity index is 1.43. The van der Waals surface area contributed by atoms with Gasteiger partial charge in [0.05, 0.1) is 4.90 Å². The van der Waals surface area contributed by atoms with Gasteiger partial charge in [-0.1, -0.05) is 55.8 Å². The van der Waals surface area contributed by atoms with E-state index in [4.69, 9.17) is 0 Å². The summed E-state index contributed by atoms with van der Waals surface area (Å²) in [5.41, 5.74) is 4.60. The molecule has 0 atom stereocenters. The Bertz CT molecular complexity index is 1240. The summed E-state index contributed by atoms with van der Waals surface area (Å²) in [6.45, 7) is 8.17. The number of carbonyl (C=O) groups excluding carboxylic acids is 1. The van der Waals surface area contributed by atoms with Gasteiger partial charge in [-0.05, 0) is 66.8 Å². The van der Waals surface area contributed by atoms with Crippen LogP contribution in [-0.2, 0) is 16.6 Å². The highest BCUT2D eigenvalue weighted by Crippen LogP contribution is 2.25. The van der Waals surface area contributed by atoms with Crippen LogP contribution in [0.4, 0.5) is 16.2 Å². The summed E-state index contributed by atoms with van der Waals surface area (Å²) in [6, 6.07) is 22.1. The van der Waals surface area contributed by atoms with Crippen LogP contribution >= 0.6 is 0 Å². The Morgan fingerprint density at radius 2 is 1.53 bits per heavy atom. The van der Waals surface area contributed by atoms with Gasteiger partial charge in [0.1, 0.15) is 0 Å². The fourth-order valence-electron chi connectivity index (χ4n) is 4.04. The Labute approximate surface area is 202 Å². The van der Waals surface area contributed by atoms with Gasteiger partial charge in [0, 0.05) is 31.0 Å². The molecule has 7 heteroatoms. The Hall–Kier alpha value is -3.32. The number of aryl methyl sites for hydroxylation is 1. The van der Waals surface area contributed by atoms with E-state index in [1.54, 1.807) is 53.4 Å². The van der Waals surface area contributed by atoms with E-state index in [0.717, 1.165) is 29.8 Å². The lowest BCUT2D eigenvalue weighted by molar-refractivity contribution is 0.192. The highest BCUT2D eigenvalue weighted by Gasteiger charge is 2.27. The molecule has 6 nitrogen and oxygen atoms in total. The van der Waals surface area contributed by atoms with Crippen LogP contribution in [-0.4, -0.2) is 32.4 Å². The lowest BCUT2D eigenvalue weighted by atomic mass is 10.0. The van der Waals surface area contributed by atoms with Crippen molar-refractivity contribution in [3.63, 3.8) is 0 Å². The monoisotopic (exact) mass is 477 g/mol. The molecule has 1 heterocycles. The van der Waals surface area contributed by atoms with Crippen LogP contribution in [0.3, 0.4) is 0 Å². The van der Waals surface area contributed by atoms with Crippen molar-refractivity contribution in [2.45, 2.75) is 44.6 Å². The lowest BCUT2D eigenvalue weighted by Crippen LogP contribution is -2.49. The molecule has 0 unspecified atom stereocenters. The molecule has 0 aromatic heterocycles. The van der Waals surface area contributed by atoms with Crippen LogP contribution in [0.25, 0.3) is 0 Å². The molecule has 1 N–H and O–H groups in total. The van der Waals surface area contributed by atoms with Gasteiger partial charge in [0.2, 0.25) is 0 Å². The second-order valence-electron chi connectivity index (χ2n) is 9.07. The third kappa shape index (κ3) is 5.42. The minimum atomic E-state index is -3.67. The first-order valence-electron chi connectivity index (χ1n) is 11.6. The van der Waals surface area contributed by atoms with Gasteiger partial charge in [-0.2, -0.15) is 0 Å². The van der Waals surface area contributed by atoms with Gasteiger partial charge in [-0.3, -0.25) is 9.62 Å². The molecule has 1 fully saturated rings. The van der Waals surface area contributed by atoms with Crippen LogP contribution in [0, 0.1) is 6.92 Å². The fourth-order valence-corrected chi connectivity index (χ4v) is 5.10. The van der Waals surface area contributed by atoms with Crippen molar-refractivity contribution >= 4 is 27.4 Å². The van der Waals surface area contributed by atoms with Crippen LogP contribution in [0.5, 0.6) is 0 Å². The summed E-state index contributed by atoms with van der Waals surface area (Å²) < 4.78 is 27.9. The van der Waals surface area contributed by atoms with E-state index < -0.39 is 10.0 Å². The first-order valence-corrected chi connectivity index (χ1v) is 13.1. The van der Waals surface area contributed by atoms with E-state index >= 15 is 0 Å². The van der Waals surface area contributed by atoms with Gasteiger partial charge in [-0.25, -0.2) is 13.2 Å². The second-order valence-corrected chi connectivity index (χ2v) is 10.8. The van der Waals surface area contributed by atoms with Gasteiger partial charge >= 0.3 is 6.03 Å². The number of benzene rings is 3. The Kier molecular flexibility index (Phi) is 6.93. The van der Waals surface area contributed by atoms with Gasteiger partial charge in [-0.15, -0.1) is 0 Å². The van der Waals surface area contributed by atoms with Crippen molar-refractivity contribution in [3.05, 3.63) is 89.5 Å². The molecule has 1 saturated heterocycles. The molecule has 0 radical (unpaired) electrons. The molecule has 0 bridgehead atoms.